The zero-order valence-corrected chi connectivity index (χ0v) is 14.0. The highest BCUT2D eigenvalue weighted by molar-refractivity contribution is 5.78. The van der Waals surface area contributed by atoms with Gasteiger partial charge in [0.05, 0.1) is 0 Å². The molecule has 24 heavy (non-hydrogen) atoms. The molecule has 0 aliphatic heterocycles. The predicted molar refractivity (Wildman–Crippen MR) is 89.5 cm³/mol. The first-order valence-electron chi connectivity index (χ1n) is 7.53. The van der Waals surface area contributed by atoms with Crippen LogP contribution in [0.4, 0.5) is 17.6 Å². The molecule has 126 valence electrons. The van der Waals surface area contributed by atoms with E-state index in [4.69, 9.17) is 0 Å². The Kier molecular flexibility index (Phi) is 5.27. The van der Waals surface area contributed by atoms with Crippen LogP contribution in [0, 0.1) is 30.2 Å². The highest BCUT2D eigenvalue weighted by Gasteiger charge is 2.20. The van der Waals surface area contributed by atoms with Crippen LogP contribution in [0.2, 0.25) is 0 Å². The van der Waals surface area contributed by atoms with Crippen LogP contribution in [-0.2, 0) is 0 Å². The maximum Gasteiger partial charge on any atom is 0.167 e. The number of aryl methyl sites for hydroxylation is 1. The number of benzene rings is 2. The number of halogens is 4. The van der Waals surface area contributed by atoms with Gasteiger partial charge in [0.25, 0.3) is 0 Å². The second kappa shape index (κ2) is 7.04. The number of rotatable bonds is 3. The Labute approximate surface area is 139 Å². The van der Waals surface area contributed by atoms with Crippen LogP contribution in [0.25, 0.3) is 16.7 Å². The molecule has 0 bridgehead atoms. The van der Waals surface area contributed by atoms with Crippen molar-refractivity contribution >= 4 is 5.57 Å². The van der Waals surface area contributed by atoms with E-state index < -0.39 is 23.3 Å². The van der Waals surface area contributed by atoms with Gasteiger partial charge in [0.2, 0.25) is 0 Å². The van der Waals surface area contributed by atoms with E-state index >= 15 is 0 Å². The lowest BCUT2D eigenvalue weighted by molar-refractivity contribution is 0.497. The van der Waals surface area contributed by atoms with Gasteiger partial charge in [-0.1, -0.05) is 42.0 Å². The van der Waals surface area contributed by atoms with Crippen molar-refractivity contribution in [1.82, 2.24) is 0 Å². The lowest BCUT2D eigenvalue weighted by atomic mass is 9.95. The van der Waals surface area contributed by atoms with E-state index in [1.807, 2.05) is 0 Å². The number of hydrogen-bond acceptors (Lipinski definition) is 0. The molecular formula is C20H18F4. The molecule has 4 heteroatoms. The van der Waals surface area contributed by atoms with Gasteiger partial charge in [-0.25, -0.2) is 17.6 Å². The summed E-state index contributed by atoms with van der Waals surface area (Å²) in [7, 11) is 0. The molecule has 0 saturated heterocycles. The highest BCUT2D eigenvalue weighted by Crippen LogP contribution is 2.33. The minimum Gasteiger partial charge on any atom is -0.203 e. The molecule has 0 amide bonds. The van der Waals surface area contributed by atoms with Crippen molar-refractivity contribution in [3.63, 3.8) is 0 Å². The molecule has 0 radical (unpaired) electrons. The Morgan fingerprint density at radius 1 is 0.792 bits per heavy atom. The quantitative estimate of drug-likeness (QED) is 0.439. The van der Waals surface area contributed by atoms with E-state index in [1.165, 1.54) is 31.2 Å². The van der Waals surface area contributed by atoms with Gasteiger partial charge >= 0.3 is 0 Å². The fourth-order valence-corrected chi connectivity index (χ4v) is 2.51. The van der Waals surface area contributed by atoms with Gasteiger partial charge in [-0.15, -0.1) is 0 Å². The fourth-order valence-electron chi connectivity index (χ4n) is 2.51. The van der Waals surface area contributed by atoms with Crippen LogP contribution in [0.15, 0.2) is 42.0 Å². The summed E-state index contributed by atoms with van der Waals surface area (Å²) in [4.78, 5) is 0. The third-order valence-electron chi connectivity index (χ3n) is 3.81. The van der Waals surface area contributed by atoms with E-state index in [-0.39, 0.29) is 22.3 Å². The molecule has 0 spiro atoms. The average molecular weight is 334 g/mol. The zero-order chi connectivity index (χ0) is 18.0. The van der Waals surface area contributed by atoms with Crippen molar-refractivity contribution < 1.29 is 17.6 Å². The summed E-state index contributed by atoms with van der Waals surface area (Å²) in [6, 6.07) is 5.24. The van der Waals surface area contributed by atoms with E-state index in [1.54, 1.807) is 32.9 Å². The summed E-state index contributed by atoms with van der Waals surface area (Å²) in [6.45, 7) is 6.75. The van der Waals surface area contributed by atoms with Crippen LogP contribution in [-0.4, -0.2) is 0 Å². The molecule has 2 rings (SSSR count). The molecule has 0 fully saturated rings. The lowest BCUT2D eigenvalue weighted by Crippen LogP contribution is -2.00. The first-order valence-corrected chi connectivity index (χ1v) is 7.53. The Balaban J connectivity index is 2.69. The fraction of sp³-hybridized carbons (Fsp3) is 0.200. The smallest absolute Gasteiger partial charge is 0.167 e. The van der Waals surface area contributed by atoms with Crippen LogP contribution < -0.4 is 0 Å². The molecule has 0 N–H and O–H groups in total. The van der Waals surface area contributed by atoms with Crippen molar-refractivity contribution in [2.45, 2.75) is 27.7 Å². The Bertz CT molecular complexity index is 841. The molecule has 2 aromatic rings. The summed E-state index contributed by atoms with van der Waals surface area (Å²) in [5.41, 5.74) is 0.950. The molecule has 0 unspecified atom stereocenters. The van der Waals surface area contributed by atoms with Crippen molar-refractivity contribution in [2.75, 3.05) is 0 Å². The second-order valence-electron chi connectivity index (χ2n) is 5.76. The molecule has 0 aliphatic carbocycles. The molecule has 2 aromatic carbocycles. The normalized spacial score (nSPS) is 11.2. The zero-order valence-electron chi connectivity index (χ0n) is 14.0. The van der Waals surface area contributed by atoms with E-state index in [0.717, 1.165) is 5.57 Å². The third-order valence-corrected chi connectivity index (χ3v) is 3.81. The van der Waals surface area contributed by atoms with Crippen molar-refractivity contribution in [3.05, 3.63) is 76.4 Å². The van der Waals surface area contributed by atoms with Gasteiger partial charge in [-0.05, 0) is 38.8 Å². The van der Waals surface area contributed by atoms with Gasteiger partial charge < -0.3 is 0 Å². The highest BCUT2D eigenvalue weighted by atomic mass is 19.2. The summed E-state index contributed by atoms with van der Waals surface area (Å²) in [5, 5.41) is 0. The second-order valence-corrected chi connectivity index (χ2v) is 5.76. The third kappa shape index (κ3) is 3.14. The predicted octanol–water partition coefficient (Wildman–Crippen LogP) is 6.59. The largest absolute Gasteiger partial charge is 0.203 e. The Morgan fingerprint density at radius 2 is 1.33 bits per heavy atom. The topological polar surface area (TPSA) is 0 Å². The van der Waals surface area contributed by atoms with E-state index in [2.05, 4.69) is 0 Å². The summed E-state index contributed by atoms with van der Waals surface area (Å²) in [5.74, 6) is -4.52. The van der Waals surface area contributed by atoms with Crippen LogP contribution in [0.5, 0.6) is 0 Å². The molecule has 0 aliphatic rings. The summed E-state index contributed by atoms with van der Waals surface area (Å²) < 4.78 is 56.8. The van der Waals surface area contributed by atoms with Crippen LogP contribution in [0.3, 0.4) is 0 Å². The van der Waals surface area contributed by atoms with Crippen LogP contribution in [0.1, 0.15) is 31.9 Å². The monoisotopic (exact) mass is 334 g/mol. The first kappa shape index (κ1) is 18.0. The molecule has 0 atom stereocenters. The molecule has 0 aromatic heterocycles. The number of allylic oxidation sites excluding steroid dienone is 4. The summed E-state index contributed by atoms with van der Waals surface area (Å²) >= 11 is 0. The summed E-state index contributed by atoms with van der Waals surface area (Å²) in [6.07, 6.45) is 3.40. The maximum atomic E-state index is 14.5. The SMILES string of the molecule is CC=CC(=C(C)C)c1ccc(-c2ccc(C)c(F)c2F)c(F)c1F. The van der Waals surface area contributed by atoms with Gasteiger partial charge in [0.1, 0.15) is 0 Å². The molecule has 0 saturated carbocycles. The van der Waals surface area contributed by atoms with Crippen LogP contribution >= 0.6 is 0 Å². The van der Waals surface area contributed by atoms with Gasteiger partial charge in [0.15, 0.2) is 23.3 Å². The minimum absolute atomic E-state index is 0.0855. The standard InChI is InChI=1S/C20H18F4/c1-5-6-13(11(2)3)14-9-10-16(20(24)19(14)23)15-8-7-12(4)17(21)18(15)22/h5-10H,1-4H3. The lowest BCUT2D eigenvalue weighted by Gasteiger charge is -2.12. The van der Waals surface area contributed by atoms with Crippen molar-refractivity contribution in [2.24, 2.45) is 0 Å². The molecule has 0 heterocycles. The van der Waals surface area contributed by atoms with Gasteiger partial charge in [-0.3, -0.25) is 0 Å². The Hall–Kier alpha value is -2.36. The molecular weight excluding hydrogens is 316 g/mol. The van der Waals surface area contributed by atoms with Gasteiger partial charge in [0, 0.05) is 16.7 Å². The number of hydrogen-bond donors (Lipinski definition) is 0. The maximum absolute atomic E-state index is 14.5. The van der Waals surface area contributed by atoms with E-state index in [0.29, 0.717) is 5.57 Å². The van der Waals surface area contributed by atoms with Gasteiger partial charge in [-0.2, -0.15) is 0 Å². The molecule has 0 nitrogen and oxygen atoms in total. The first-order chi connectivity index (χ1) is 11.3. The van der Waals surface area contributed by atoms with Crippen molar-refractivity contribution in [3.8, 4) is 11.1 Å². The van der Waals surface area contributed by atoms with Crippen molar-refractivity contribution in [1.29, 1.82) is 0 Å². The minimum atomic E-state index is -1.20. The average Bonchev–Trinajstić information content (AvgIpc) is 2.54. The van der Waals surface area contributed by atoms with E-state index in [9.17, 15) is 17.6 Å². The Morgan fingerprint density at radius 3 is 1.88 bits per heavy atom.